The summed E-state index contributed by atoms with van der Waals surface area (Å²) in [6, 6.07) is -0.423. The molecule has 2 aliphatic rings. The summed E-state index contributed by atoms with van der Waals surface area (Å²) >= 11 is 5.85. The lowest BCUT2D eigenvalue weighted by Gasteiger charge is -2.38. The Morgan fingerprint density at radius 2 is 2.12 bits per heavy atom. The number of amides is 1. The van der Waals surface area contributed by atoms with Gasteiger partial charge in [-0.25, -0.2) is 8.78 Å². The van der Waals surface area contributed by atoms with Crippen molar-refractivity contribution in [3.63, 3.8) is 0 Å². The van der Waals surface area contributed by atoms with Gasteiger partial charge in [-0.05, 0) is 31.6 Å². The molecular weight excluding hydrogens is 368 g/mol. The third-order valence-corrected chi connectivity index (χ3v) is 5.78. The highest BCUT2D eigenvalue weighted by atomic mass is 35.5. The van der Waals surface area contributed by atoms with E-state index in [2.05, 4.69) is 10.4 Å². The molecule has 9 heteroatoms. The van der Waals surface area contributed by atoms with Crippen molar-refractivity contribution in [2.45, 2.75) is 68.7 Å². The van der Waals surface area contributed by atoms with Crippen LogP contribution in [0.25, 0.3) is 0 Å². The average molecular weight is 392 g/mol. The summed E-state index contributed by atoms with van der Waals surface area (Å²) in [6.07, 6.45) is 2.89. The number of rotatable bonds is 5. The van der Waals surface area contributed by atoms with Crippen molar-refractivity contribution in [1.82, 2.24) is 15.1 Å². The zero-order chi connectivity index (χ0) is 18.9. The molecule has 0 saturated heterocycles. The number of carbonyl (C=O) groups excluding carboxylic acids is 1. The molecule has 1 heterocycles. The molecule has 2 saturated carbocycles. The van der Waals surface area contributed by atoms with Gasteiger partial charge in [0.15, 0.2) is 0 Å². The summed E-state index contributed by atoms with van der Waals surface area (Å²) in [4.78, 5) is 12.7. The molecule has 26 heavy (non-hydrogen) atoms. The van der Waals surface area contributed by atoms with Gasteiger partial charge in [-0.15, -0.1) is 0 Å². The Morgan fingerprint density at radius 3 is 2.69 bits per heavy atom. The highest BCUT2D eigenvalue weighted by molar-refractivity contribution is 6.30. The predicted octanol–water partition coefficient (Wildman–Crippen LogP) is 2.39. The van der Waals surface area contributed by atoms with Gasteiger partial charge in [0.25, 0.3) is 5.91 Å². The fourth-order valence-electron chi connectivity index (χ4n) is 3.97. The molecular formula is C17H24ClF2N3O3. The quantitative estimate of drug-likeness (QED) is 0.808. The summed E-state index contributed by atoms with van der Waals surface area (Å²) in [7, 11) is 1.37. The number of hydrogen-bond donors (Lipinski definition) is 2. The second-order valence-corrected chi connectivity index (χ2v) is 7.86. The van der Waals surface area contributed by atoms with Crippen LogP contribution in [0.5, 0.6) is 0 Å². The zero-order valence-electron chi connectivity index (χ0n) is 14.6. The SMILES string of the molecule is COC1(C(=O)N[C@@H]2CC(Cn3cc(Cl)cn3)C[C@H]2O)CCC(F)(F)CC1. The average Bonchev–Trinajstić information content (AvgIpc) is 3.14. The van der Waals surface area contributed by atoms with E-state index >= 15 is 0 Å². The van der Waals surface area contributed by atoms with E-state index in [1.165, 1.54) is 7.11 Å². The number of aliphatic hydroxyl groups is 1. The van der Waals surface area contributed by atoms with Crippen molar-refractivity contribution >= 4 is 17.5 Å². The first-order valence-electron chi connectivity index (χ1n) is 8.83. The number of nitrogens with zero attached hydrogens (tertiary/aromatic N) is 2. The number of aromatic nitrogens is 2. The van der Waals surface area contributed by atoms with E-state index in [0.29, 0.717) is 24.4 Å². The second-order valence-electron chi connectivity index (χ2n) is 7.42. The van der Waals surface area contributed by atoms with E-state index in [9.17, 15) is 18.7 Å². The van der Waals surface area contributed by atoms with Crippen molar-refractivity contribution < 1.29 is 23.4 Å². The summed E-state index contributed by atoms with van der Waals surface area (Å²) in [5.41, 5.74) is -1.24. The molecule has 1 amide bonds. The maximum Gasteiger partial charge on any atom is 0.252 e. The van der Waals surface area contributed by atoms with E-state index in [0.717, 1.165) is 0 Å². The van der Waals surface area contributed by atoms with Crippen LogP contribution >= 0.6 is 11.6 Å². The molecule has 0 aliphatic heterocycles. The van der Waals surface area contributed by atoms with Gasteiger partial charge in [-0.3, -0.25) is 9.48 Å². The van der Waals surface area contributed by atoms with Gasteiger partial charge in [-0.1, -0.05) is 11.6 Å². The van der Waals surface area contributed by atoms with Crippen molar-refractivity contribution in [2.75, 3.05) is 7.11 Å². The maximum atomic E-state index is 13.4. The van der Waals surface area contributed by atoms with E-state index in [-0.39, 0.29) is 31.6 Å². The van der Waals surface area contributed by atoms with Crippen LogP contribution < -0.4 is 5.32 Å². The molecule has 1 unspecified atom stereocenters. The highest BCUT2D eigenvalue weighted by Gasteiger charge is 2.49. The van der Waals surface area contributed by atoms with Crippen LogP contribution in [0.3, 0.4) is 0 Å². The van der Waals surface area contributed by atoms with E-state index in [1.54, 1.807) is 17.1 Å². The minimum Gasteiger partial charge on any atom is -0.391 e. The predicted molar refractivity (Wildman–Crippen MR) is 91.1 cm³/mol. The number of carbonyl (C=O) groups is 1. The number of aliphatic hydroxyl groups excluding tert-OH is 1. The topological polar surface area (TPSA) is 76.4 Å². The standard InChI is InChI=1S/C17H24ClF2N3O3/c1-26-16(2-4-17(19,20)5-3-16)15(25)22-13-6-11(7-14(13)24)9-23-10-12(18)8-21-23/h8,10-11,13-14,24H,2-7,9H2,1H3,(H,22,25)/t11?,13-,14-/m1/s1. The normalized spacial score (nSPS) is 30.3. The minimum atomic E-state index is -2.74. The lowest BCUT2D eigenvalue weighted by atomic mass is 9.81. The molecule has 1 aromatic heterocycles. The van der Waals surface area contributed by atoms with Gasteiger partial charge in [0, 0.05) is 32.7 Å². The first-order valence-corrected chi connectivity index (χ1v) is 9.21. The minimum absolute atomic E-state index is 0.0274. The maximum absolute atomic E-state index is 13.4. The largest absolute Gasteiger partial charge is 0.391 e. The number of hydrogen-bond acceptors (Lipinski definition) is 4. The molecule has 3 rings (SSSR count). The van der Waals surface area contributed by atoms with Crippen LogP contribution in [0.2, 0.25) is 5.02 Å². The molecule has 146 valence electrons. The molecule has 2 aliphatic carbocycles. The van der Waals surface area contributed by atoms with Crippen molar-refractivity contribution in [3.05, 3.63) is 17.4 Å². The highest BCUT2D eigenvalue weighted by Crippen LogP contribution is 2.40. The van der Waals surface area contributed by atoms with Crippen LogP contribution in [0, 0.1) is 5.92 Å². The lowest BCUT2D eigenvalue weighted by Crippen LogP contribution is -2.55. The number of halogens is 3. The van der Waals surface area contributed by atoms with Crippen molar-refractivity contribution in [1.29, 1.82) is 0 Å². The van der Waals surface area contributed by atoms with Crippen LogP contribution in [0.4, 0.5) is 8.78 Å². The molecule has 6 nitrogen and oxygen atoms in total. The molecule has 3 atom stereocenters. The van der Waals surface area contributed by atoms with Gasteiger partial charge < -0.3 is 15.2 Å². The number of alkyl halides is 2. The Hall–Kier alpha value is -1.25. The second kappa shape index (κ2) is 7.40. The Kier molecular flexibility index (Phi) is 5.55. The van der Waals surface area contributed by atoms with E-state index in [1.807, 2.05) is 0 Å². The van der Waals surface area contributed by atoms with Gasteiger partial charge in [-0.2, -0.15) is 5.10 Å². The van der Waals surface area contributed by atoms with Crippen molar-refractivity contribution in [2.24, 2.45) is 5.92 Å². The lowest BCUT2D eigenvalue weighted by molar-refractivity contribution is -0.160. The van der Waals surface area contributed by atoms with Gasteiger partial charge in [0.05, 0.1) is 23.4 Å². The smallest absolute Gasteiger partial charge is 0.252 e. The first kappa shape index (κ1) is 19.5. The van der Waals surface area contributed by atoms with Gasteiger partial charge in [0.2, 0.25) is 5.92 Å². The Labute approximate surface area is 155 Å². The molecule has 0 aromatic carbocycles. The zero-order valence-corrected chi connectivity index (χ0v) is 15.4. The molecule has 2 N–H and O–H groups in total. The fourth-order valence-corrected chi connectivity index (χ4v) is 4.12. The van der Waals surface area contributed by atoms with Crippen LogP contribution in [-0.2, 0) is 16.1 Å². The monoisotopic (exact) mass is 391 g/mol. The Bertz CT molecular complexity index is 645. The summed E-state index contributed by atoms with van der Waals surface area (Å²) < 4.78 is 33.9. The molecule has 1 aromatic rings. The Morgan fingerprint density at radius 1 is 1.42 bits per heavy atom. The Balaban J connectivity index is 1.58. The summed E-state index contributed by atoms with van der Waals surface area (Å²) in [5, 5.41) is 17.8. The number of methoxy groups -OCH3 is 1. The summed E-state index contributed by atoms with van der Waals surface area (Å²) in [6.45, 7) is 0.595. The van der Waals surface area contributed by atoms with Crippen LogP contribution in [-0.4, -0.2) is 51.6 Å². The van der Waals surface area contributed by atoms with E-state index < -0.39 is 29.6 Å². The first-order chi connectivity index (χ1) is 12.2. The molecule has 2 fully saturated rings. The van der Waals surface area contributed by atoms with Crippen LogP contribution in [0.1, 0.15) is 38.5 Å². The molecule has 0 bridgehead atoms. The van der Waals surface area contributed by atoms with E-state index in [4.69, 9.17) is 16.3 Å². The molecule has 0 spiro atoms. The van der Waals surface area contributed by atoms with Crippen molar-refractivity contribution in [3.8, 4) is 0 Å². The third-order valence-electron chi connectivity index (χ3n) is 5.58. The number of ether oxygens (including phenoxy) is 1. The fraction of sp³-hybridized carbons (Fsp3) is 0.765. The van der Waals surface area contributed by atoms with Gasteiger partial charge >= 0.3 is 0 Å². The van der Waals surface area contributed by atoms with Crippen LogP contribution in [0.15, 0.2) is 12.4 Å². The van der Waals surface area contributed by atoms with Gasteiger partial charge in [0.1, 0.15) is 5.60 Å². The molecule has 0 radical (unpaired) electrons. The summed E-state index contributed by atoms with van der Waals surface area (Å²) in [5.74, 6) is -3.02. The third kappa shape index (κ3) is 4.18. The number of nitrogens with one attached hydrogen (secondary N) is 1.